The monoisotopic (exact) mass is 322 g/mol. The molecule has 7 heteroatoms. The van der Waals surface area contributed by atoms with Gasteiger partial charge in [-0.1, -0.05) is 17.7 Å². The quantitative estimate of drug-likeness (QED) is 0.498. The van der Waals surface area contributed by atoms with Gasteiger partial charge in [-0.25, -0.2) is 4.37 Å². The molecule has 0 saturated heterocycles. The zero-order valence-electron chi connectivity index (χ0n) is 9.95. The summed E-state index contributed by atoms with van der Waals surface area (Å²) in [6, 6.07) is 10.6. The van der Waals surface area contributed by atoms with Gasteiger partial charge in [0.25, 0.3) is 5.69 Å². The lowest BCUT2D eigenvalue weighted by Gasteiger charge is -2.03. The molecule has 0 unspecified atom stereocenters. The van der Waals surface area contributed by atoms with Crippen LogP contribution in [0.3, 0.4) is 0 Å². The van der Waals surface area contributed by atoms with Gasteiger partial charge in [-0.3, -0.25) is 10.1 Å². The predicted octanol–water partition coefficient (Wildman–Crippen LogP) is 5.10. The molecule has 0 fully saturated rings. The topological polar surface area (TPSA) is 56.0 Å². The molecule has 0 aliphatic rings. The zero-order valence-corrected chi connectivity index (χ0v) is 12.3. The van der Waals surface area contributed by atoms with Crippen molar-refractivity contribution in [3.8, 4) is 20.9 Å². The first kappa shape index (κ1) is 13.2. The minimum atomic E-state index is -0.368. The Hall–Kier alpha value is -1.76. The molecule has 0 aliphatic heterocycles. The third kappa shape index (κ3) is 2.45. The van der Waals surface area contributed by atoms with E-state index in [2.05, 4.69) is 4.37 Å². The van der Waals surface area contributed by atoms with E-state index in [0.717, 1.165) is 15.3 Å². The number of benzene rings is 1. The maximum absolute atomic E-state index is 11.3. The van der Waals surface area contributed by atoms with Crippen LogP contribution in [-0.4, -0.2) is 9.30 Å². The van der Waals surface area contributed by atoms with Crippen LogP contribution < -0.4 is 0 Å². The number of thiophene rings is 1. The molecule has 0 aliphatic carbocycles. The van der Waals surface area contributed by atoms with Gasteiger partial charge >= 0.3 is 0 Å². The third-order valence-electron chi connectivity index (χ3n) is 2.76. The van der Waals surface area contributed by atoms with Gasteiger partial charge in [0.1, 0.15) is 0 Å². The van der Waals surface area contributed by atoms with E-state index in [4.69, 9.17) is 11.6 Å². The number of nitro groups is 1. The van der Waals surface area contributed by atoms with Crippen molar-refractivity contribution in [1.29, 1.82) is 0 Å². The number of aromatic nitrogens is 1. The molecule has 3 aromatic rings. The van der Waals surface area contributed by atoms with E-state index in [1.54, 1.807) is 30.5 Å². The summed E-state index contributed by atoms with van der Waals surface area (Å²) in [7, 11) is 0. The summed E-state index contributed by atoms with van der Waals surface area (Å²) in [6.07, 6.45) is 1.68. The summed E-state index contributed by atoms with van der Waals surface area (Å²) < 4.78 is 4.63. The van der Waals surface area contributed by atoms with E-state index < -0.39 is 0 Å². The minimum Gasteiger partial charge on any atom is -0.258 e. The Bertz CT molecular complexity index is 769. The van der Waals surface area contributed by atoms with Crippen LogP contribution in [0.25, 0.3) is 20.9 Å². The van der Waals surface area contributed by atoms with E-state index in [-0.39, 0.29) is 10.6 Å². The number of halogens is 1. The highest BCUT2D eigenvalue weighted by Crippen LogP contribution is 2.39. The van der Waals surface area contributed by atoms with Crippen molar-refractivity contribution >= 4 is 40.2 Å². The van der Waals surface area contributed by atoms with E-state index >= 15 is 0 Å². The predicted molar refractivity (Wildman–Crippen MR) is 82.5 cm³/mol. The van der Waals surface area contributed by atoms with Crippen molar-refractivity contribution in [2.24, 2.45) is 0 Å². The Balaban J connectivity index is 2.14. The van der Waals surface area contributed by atoms with Crippen LogP contribution >= 0.6 is 34.5 Å². The summed E-state index contributed by atoms with van der Waals surface area (Å²) in [5, 5.41) is 11.3. The highest BCUT2D eigenvalue weighted by atomic mass is 35.5. The second-order valence-corrected chi connectivity index (χ2v) is 6.52. The van der Waals surface area contributed by atoms with Crippen LogP contribution in [0, 0.1) is 10.1 Å². The molecular formula is C13H7ClN2O2S2. The summed E-state index contributed by atoms with van der Waals surface area (Å²) in [6.45, 7) is 0. The molecule has 2 heterocycles. The fraction of sp³-hybridized carbons (Fsp3) is 0. The lowest BCUT2D eigenvalue weighted by molar-refractivity contribution is -0.384. The summed E-state index contributed by atoms with van der Waals surface area (Å²) in [5.74, 6) is 0. The average Bonchev–Trinajstić information content (AvgIpc) is 3.09. The maximum Gasteiger partial charge on any atom is 0.278 e. The standard InChI is InChI=1S/C13H7ClN2O2S2/c14-13-4-3-12(19-13)9-2-1-8(7-10(9)16(17)18)11-5-6-15-20-11/h1-7H. The molecule has 2 aromatic heterocycles. The summed E-state index contributed by atoms with van der Waals surface area (Å²) in [4.78, 5) is 12.6. The number of hydrogen-bond donors (Lipinski definition) is 0. The summed E-state index contributed by atoms with van der Waals surface area (Å²) >= 11 is 8.53. The highest BCUT2D eigenvalue weighted by molar-refractivity contribution is 7.19. The van der Waals surface area contributed by atoms with Crippen molar-refractivity contribution < 1.29 is 4.92 Å². The third-order valence-corrected chi connectivity index (χ3v) is 4.82. The Morgan fingerprint density at radius 3 is 2.60 bits per heavy atom. The smallest absolute Gasteiger partial charge is 0.258 e. The largest absolute Gasteiger partial charge is 0.278 e. The number of nitro benzene ring substituents is 1. The molecule has 0 bridgehead atoms. The van der Waals surface area contributed by atoms with E-state index in [0.29, 0.717) is 9.90 Å². The molecule has 0 radical (unpaired) electrons. The Labute approximate surface area is 127 Å². The van der Waals surface area contributed by atoms with E-state index in [1.807, 2.05) is 12.1 Å². The molecule has 0 atom stereocenters. The van der Waals surface area contributed by atoms with Crippen molar-refractivity contribution in [3.63, 3.8) is 0 Å². The fourth-order valence-corrected chi connectivity index (χ4v) is 3.53. The van der Waals surface area contributed by atoms with Crippen LogP contribution in [0.4, 0.5) is 5.69 Å². The van der Waals surface area contributed by atoms with Gasteiger partial charge in [0.05, 0.1) is 19.7 Å². The SMILES string of the molecule is O=[N+]([O-])c1cc(-c2ccns2)ccc1-c1ccc(Cl)s1. The van der Waals surface area contributed by atoms with Gasteiger partial charge in [-0.05, 0) is 35.8 Å². The zero-order chi connectivity index (χ0) is 14.1. The Kier molecular flexibility index (Phi) is 3.52. The van der Waals surface area contributed by atoms with Crippen molar-refractivity contribution in [2.75, 3.05) is 0 Å². The molecule has 20 heavy (non-hydrogen) atoms. The van der Waals surface area contributed by atoms with Gasteiger partial charge in [-0.2, -0.15) is 0 Å². The van der Waals surface area contributed by atoms with Crippen LogP contribution in [-0.2, 0) is 0 Å². The van der Waals surface area contributed by atoms with Crippen molar-refractivity contribution in [3.05, 3.63) is 57.0 Å². The van der Waals surface area contributed by atoms with Crippen LogP contribution in [0.2, 0.25) is 4.34 Å². The van der Waals surface area contributed by atoms with Crippen molar-refractivity contribution in [2.45, 2.75) is 0 Å². The Morgan fingerprint density at radius 2 is 2.00 bits per heavy atom. The van der Waals surface area contributed by atoms with Crippen molar-refractivity contribution in [1.82, 2.24) is 4.37 Å². The normalized spacial score (nSPS) is 10.7. The first-order valence-electron chi connectivity index (χ1n) is 5.60. The van der Waals surface area contributed by atoms with Gasteiger partial charge < -0.3 is 0 Å². The lowest BCUT2D eigenvalue weighted by atomic mass is 10.1. The molecule has 1 aromatic carbocycles. The summed E-state index contributed by atoms with van der Waals surface area (Å²) in [5.41, 5.74) is 1.46. The van der Waals surface area contributed by atoms with Crippen LogP contribution in [0.1, 0.15) is 0 Å². The molecule has 3 rings (SSSR count). The first-order valence-corrected chi connectivity index (χ1v) is 7.57. The molecule has 0 spiro atoms. The second kappa shape index (κ2) is 5.32. The minimum absolute atomic E-state index is 0.0782. The lowest BCUT2D eigenvalue weighted by Crippen LogP contribution is -1.91. The number of nitrogens with zero attached hydrogens (tertiary/aromatic N) is 2. The Morgan fingerprint density at radius 1 is 1.15 bits per heavy atom. The van der Waals surface area contributed by atoms with Gasteiger partial charge in [-0.15, -0.1) is 11.3 Å². The first-order chi connectivity index (χ1) is 9.65. The highest BCUT2D eigenvalue weighted by Gasteiger charge is 2.18. The molecule has 0 amide bonds. The van der Waals surface area contributed by atoms with Gasteiger partial charge in [0.15, 0.2) is 0 Å². The van der Waals surface area contributed by atoms with Crippen LogP contribution in [0.15, 0.2) is 42.6 Å². The maximum atomic E-state index is 11.3. The molecule has 0 N–H and O–H groups in total. The molecule has 4 nitrogen and oxygen atoms in total. The molecule has 100 valence electrons. The number of rotatable bonds is 3. The van der Waals surface area contributed by atoms with Gasteiger partial charge in [0, 0.05) is 22.7 Å². The fourth-order valence-electron chi connectivity index (χ4n) is 1.87. The van der Waals surface area contributed by atoms with E-state index in [1.165, 1.54) is 22.9 Å². The number of hydrogen-bond acceptors (Lipinski definition) is 5. The van der Waals surface area contributed by atoms with E-state index in [9.17, 15) is 10.1 Å². The van der Waals surface area contributed by atoms with Crippen LogP contribution in [0.5, 0.6) is 0 Å². The molecule has 0 saturated carbocycles. The van der Waals surface area contributed by atoms with Gasteiger partial charge in [0.2, 0.25) is 0 Å². The second-order valence-electron chi connectivity index (χ2n) is 3.97. The molecular weight excluding hydrogens is 316 g/mol. The average molecular weight is 323 g/mol.